The maximum Gasteiger partial charge on any atom is 0.156 e. The zero-order chi connectivity index (χ0) is 23.6. The van der Waals surface area contributed by atoms with Crippen LogP contribution < -0.4 is 14.2 Å². The zero-order valence-corrected chi connectivity index (χ0v) is 21.1. The minimum atomic E-state index is -0.317. The number of oxime groups is 1. The quantitative estimate of drug-likeness (QED) is 0.173. The van der Waals surface area contributed by atoms with E-state index < -0.39 is 0 Å². The molecule has 0 radical (unpaired) electrons. The lowest BCUT2D eigenvalue weighted by molar-refractivity contribution is 0.00199. The maximum atomic E-state index is 6.25. The average Bonchev–Trinajstić information content (AvgIpc) is 2.69. The van der Waals surface area contributed by atoms with Gasteiger partial charge in [0.05, 0.1) is 29.5 Å². The molecule has 5 nitrogen and oxygen atoms in total. The lowest BCUT2D eigenvalue weighted by atomic mass is 10.2. The van der Waals surface area contributed by atoms with Crippen LogP contribution in [0.25, 0.3) is 0 Å². The van der Waals surface area contributed by atoms with Gasteiger partial charge in [-0.25, -0.2) is 0 Å². The molecule has 0 saturated carbocycles. The second kappa shape index (κ2) is 13.0. The van der Waals surface area contributed by atoms with Gasteiger partial charge in [0.2, 0.25) is 0 Å². The highest BCUT2D eigenvalue weighted by Gasteiger charge is 2.11. The van der Waals surface area contributed by atoms with E-state index in [9.17, 15) is 0 Å². The Morgan fingerprint density at radius 1 is 0.906 bits per heavy atom. The van der Waals surface area contributed by atoms with Crippen LogP contribution in [0, 0.1) is 0 Å². The van der Waals surface area contributed by atoms with E-state index in [4.69, 9.17) is 65.5 Å². The molecule has 0 saturated heterocycles. The molecule has 0 aromatic heterocycles. The first-order chi connectivity index (χ1) is 15.1. The molecule has 0 aliphatic carbocycles. The second-order valence-corrected chi connectivity index (χ2v) is 9.40. The summed E-state index contributed by atoms with van der Waals surface area (Å²) in [6.45, 7) is 6.88. The molecule has 0 unspecified atom stereocenters. The zero-order valence-electron chi connectivity index (χ0n) is 18.0. The monoisotopic (exact) mass is 519 g/mol. The predicted octanol–water partition coefficient (Wildman–Crippen LogP) is 7.69. The van der Waals surface area contributed by atoms with Gasteiger partial charge in [0, 0.05) is 18.6 Å². The number of halogens is 4. The van der Waals surface area contributed by atoms with Gasteiger partial charge in [-0.3, -0.25) is 0 Å². The van der Waals surface area contributed by atoms with Crippen molar-refractivity contribution in [1.29, 1.82) is 0 Å². The molecule has 9 heteroatoms. The van der Waals surface area contributed by atoms with E-state index in [0.717, 1.165) is 11.3 Å². The van der Waals surface area contributed by atoms with Crippen LogP contribution in [0.3, 0.4) is 0 Å². The Morgan fingerprint density at radius 3 is 2.12 bits per heavy atom. The highest BCUT2D eigenvalue weighted by atomic mass is 35.5. The summed E-state index contributed by atoms with van der Waals surface area (Å²) >= 11 is 23.6. The number of hydrogen-bond donors (Lipinski definition) is 0. The number of benzene rings is 2. The fraction of sp³-hybridized carbons (Fsp3) is 0.348. The van der Waals surface area contributed by atoms with Crippen LogP contribution in [0.2, 0.25) is 10.0 Å². The van der Waals surface area contributed by atoms with E-state index in [2.05, 4.69) is 5.16 Å². The summed E-state index contributed by atoms with van der Waals surface area (Å²) in [5, 5.41) is 4.67. The first kappa shape index (κ1) is 26.5. The Hall–Kier alpha value is -1.79. The van der Waals surface area contributed by atoms with Gasteiger partial charge in [0.25, 0.3) is 0 Å². The molecule has 0 bridgehead atoms. The van der Waals surface area contributed by atoms with Gasteiger partial charge >= 0.3 is 0 Å². The average molecular weight is 521 g/mol. The van der Waals surface area contributed by atoms with Gasteiger partial charge < -0.3 is 19.0 Å². The van der Waals surface area contributed by atoms with E-state index in [1.54, 1.807) is 18.3 Å². The first-order valence-corrected chi connectivity index (χ1v) is 11.4. The van der Waals surface area contributed by atoms with Crippen LogP contribution in [0.15, 0.2) is 52.1 Å². The van der Waals surface area contributed by atoms with Crippen LogP contribution >= 0.6 is 46.4 Å². The number of nitrogens with zero attached hydrogens (tertiary/aromatic N) is 1. The number of ether oxygens (including phenoxy) is 3. The Kier molecular flexibility index (Phi) is 10.8. The fourth-order valence-electron chi connectivity index (χ4n) is 2.28. The van der Waals surface area contributed by atoms with Gasteiger partial charge in [-0.1, -0.05) is 51.6 Å². The van der Waals surface area contributed by atoms with Crippen LogP contribution in [-0.2, 0) is 4.84 Å². The molecule has 0 aliphatic heterocycles. The molecule has 0 amide bonds. The summed E-state index contributed by atoms with van der Waals surface area (Å²) in [5.74, 6) is 1.63. The van der Waals surface area contributed by atoms with Crippen molar-refractivity contribution in [2.24, 2.45) is 5.16 Å². The summed E-state index contributed by atoms with van der Waals surface area (Å²) in [6, 6.07) is 10.8. The first-order valence-electron chi connectivity index (χ1n) is 9.84. The van der Waals surface area contributed by atoms with E-state index in [0.29, 0.717) is 41.2 Å². The minimum absolute atomic E-state index is 0.125. The highest BCUT2D eigenvalue weighted by molar-refractivity contribution is 6.55. The van der Waals surface area contributed by atoms with Crippen molar-refractivity contribution in [2.45, 2.75) is 32.8 Å². The normalized spacial score (nSPS) is 11.3. The van der Waals surface area contributed by atoms with Crippen LogP contribution in [-0.4, -0.2) is 31.6 Å². The second-order valence-electron chi connectivity index (χ2n) is 7.58. The van der Waals surface area contributed by atoms with Crippen molar-refractivity contribution < 1.29 is 19.0 Å². The molecule has 0 heterocycles. The van der Waals surface area contributed by atoms with Gasteiger partial charge in [0.15, 0.2) is 5.75 Å². The maximum absolute atomic E-state index is 6.25. The van der Waals surface area contributed by atoms with E-state index in [-0.39, 0.29) is 16.7 Å². The van der Waals surface area contributed by atoms with Crippen molar-refractivity contribution in [3.05, 3.63) is 62.6 Å². The number of rotatable bonds is 11. The Bertz CT molecular complexity index is 898. The molecule has 0 N–H and O–H groups in total. The third kappa shape index (κ3) is 10.2. The van der Waals surface area contributed by atoms with Crippen molar-refractivity contribution in [1.82, 2.24) is 0 Å². The largest absolute Gasteiger partial charge is 0.493 e. The summed E-state index contributed by atoms with van der Waals surface area (Å²) < 4.78 is 17.0. The molecule has 32 heavy (non-hydrogen) atoms. The summed E-state index contributed by atoms with van der Waals surface area (Å²) in [4.78, 5) is 5.33. The van der Waals surface area contributed by atoms with Crippen LogP contribution in [0.1, 0.15) is 32.8 Å². The molecular formula is C23H25Cl4NO4. The lowest BCUT2D eigenvalue weighted by Crippen LogP contribution is -2.15. The smallest absolute Gasteiger partial charge is 0.156 e. The van der Waals surface area contributed by atoms with Crippen LogP contribution in [0.4, 0.5) is 0 Å². The standard InChI is InChI=1S/C23H25Cl4NO4/c1-23(2,3)32-28-15-16-5-7-17(8-6-16)29-10-4-11-31-22-19(24)13-18(14-20(22)25)30-12-9-21(26)27/h5-9,13-15H,4,10-12H2,1-3H3. The predicted molar refractivity (Wildman–Crippen MR) is 132 cm³/mol. The molecule has 0 atom stereocenters. The molecule has 2 aromatic carbocycles. The van der Waals surface area contributed by atoms with Crippen molar-refractivity contribution in [2.75, 3.05) is 19.8 Å². The third-order valence-electron chi connectivity index (χ3n) is 3.67. The lowest BCUT2D eigenvalue weighted by Gasteiger charge is -2.14. The van der Waals surface area contributed by atoms with Crippen LogP contribution in [0.5, 0.6) is 17.2 Å². The Morgan fingerprint density at radius 2 is 1.53 bits per heavy atom. The van der Waals surface area contributed by atoms with Crippen molar-refractivity contribution in [3.8, 4) is 17.2 Å². The fourth-order valence-corrected chi connectivity index (χ4v) is 2.98. The molecule has 2 rings (SSSR count). The highest BCUT2D eigenvalue weighted by Crippen LogP contribution is 2.37. The molecule has 0 spiro atoms. The van der Waals surface area contributed by atoms with Gasteiger partial charge in [0.1, 0.15) is 28.2 Å². The van der Waals surface area contributed by atoms with E-state index in [1.807, 2.05) is 45.0 Å². The number of hydrogen-bond acceptors (Lipinski definition) is 5. The molecule has 2 aromatic rings. The summed E-state index contributed by atoms with van der Waals surface area (Å²) in [6.07, 6.45) is 3.82. The topological polar surface area (TPSA) is 49.3 Å². The summed E-state index contributed by atoms with van der Waals surface area (Å²) in [5.41, 5.74) is 0.603. The minimum Gasteiger partial charge on any atom is -0.493 e. The van der Waals surface area contributed by atoms with Gasteiger partial charge in [-0.2, -0.15) is 0 Å². The Balaban J connectivity index is 1.75. The molecule has 0 fully saturated rings. The Labute approximate surface area is 208 Å². The van der Waals surface area contributed by atoms with E-state index in [1.165, 1.54) is 6.08 Å². The summed E-state index contributed by atoms with van der Waals surface area (Å²) in [7, 11) is 0. The van der Waals surface area contributed by atoms with E-state index >= 15 is 0 Å². The van der Waals surface area contributed by atoms with Gasteiger partial charge in [-0.05, 0) is 56.7 Å². The van der Waals surface area contributed by atoms with Crippen molar-refractivity contribution >= 4 is 52.6 Å². The molecular weight excluding hydrogens is 496 g/mol. The molecule has 0 aliphatic rings. The van der Waals surface area contributed by atoms with Gasteiger partial charge in [-0.15, -0.1) is 0 Å². The molecule has 174 valence electrons. The van der Waals surface area contributed by atoms with Crippen molar-refractivity contribution in [3.63, 3.8) is 0 Å². The SMILES string of the molecule is CC(C)(C)ON=Cc1ccc(OCCCOc2c(Cl)cc(OCC=C(Cl)Cl)cc2Cl)cc1. The third-order valence-corrected chi connectivity index (χ3v) is 4.54.